The van der Waals surface area contributed by atoms with Crippen molar-refractivity contribution in [3.63, 3.8) is 0 Å². The van der Waals surface area contributed by atoms with E-state index in [1.54, 1.807) is 0 Å². The van der Waals surface area contributed by atoms with E-state index in [9.17, 15) is 0 Å². The molecular formula is C40H50. The third-order valence-electron chi connectivity index (χ3n) is 9.17. The van der Waals surface area contributed by atoms with Gasteiger partial charge in [-0.25, -0.2) is 0 Å². The molecular weight excluding hydrogens is 480 g/mol. The zero-order chi connectivity index (χ0) is 29.6. The third-order valence-corrected chi connectivity index (χ3v) is 9.17. The second-order valence-electron chi connectivity index (χ2n) is 11.2. The quantitative estimate of drug-likeness (QED) is 0.239. The van der Waals surface area contributed by atoms with E-state index in [1.165, 1.54) is 72.4 Å². The van der Waals surface area contributed by atoms with Crippen LogP contribution in [0.1, 0.15) is 108 Å². The summed E-state index contributed by atoms with van der Waals surface area (Å²) < 4.78 is 0. The molecule has 0 nitrogen and oxygen atoms in total. The van der Waals surface area contributed by atoms with E-state index in [4.69, 9.17) is 0 Å². The Morgan fingerprint density at radius 2 is 1.57 bits per heavy atom. The second-order valence-corrected chi connectivity index (χ2v) is 11.2. The molecule has 0 heterocycles. The van der Waals surface area contributed by atoms with E-state index < -0.39 is 0 Å². The molecule has 1 aliphatic rings. The van der Waals surface area contributed by atoms with Gasteiger partial charge in [0.25, 0.3) is 0 Å². The van der Waals surface area contributed by atoms with Crippen LogP contribution in [0.4, 0.5) is 0 Å². The molecule has 0 bridgehead atoms. The molecule has 0 heteroatoms. The minimum atomic E-state index is 0.0138. The van der Waals surface area contributed by atoms with Gasteiger partial charge in [0.15, 0.2) is 0 Å². The first-order valence-corrected chi connectivity index (χ1v) is 15.1. The van der Waals surface area contributed by atoms with Crippen molar-refractivity contribution in [1.82, 2.24) is 0 Å². The fourth-order valence-electron chi connectivity index (χ4n) is 6.91. The molecule has 0 amide bonds. The van der Waals surface area contributed by atoms with Crippen molar-refractivity contribution >= 4 is 12.2 Å². The summed E-state index contributed by atoms with van der Waals surface area (Å²) in [4.78, 5) is 0. The smallest absolute Gasteiger partial charge is 0.0210 e. The van der Waals surface area contributed by atoms with Gasteiger partial charge in [-0.2, -0.15) is 0 Å². The molecule has 2 aromatic rings. The van der Waals surface area contributed by atoms with Crippen molar-refractivity contribution in [2.45, 2.75) is 92.9 Å². The summed E-state index contributed by atoms with van der Waals surface area (Å²) in [7, 11) is 0. The lowest BCUT2D eigenvalue weighted by Crippen LogP contribution is -2.23. The van der Waals surface area contributed by atoms with E-state index in [0.717, 1.165) is 32.1 Å². The van der Waals surface area contributed by atoms with Gasteiger partial charge in [-0.1, -0.05) is 108 Å². The van der Waals surface area contributed by atoms with Crippen LogP contribution in [0.2, 0.25) is 0 Å². The largest absolute Gasteiger partial charge is 0.0988 e. The summed E-state index contributed by atoms with van der Waals surface area (Å²) in [5, 5.41) is 0. The third kappa shape index (κ3) is 5.34. The van der Waals surface area contributed by atoms with Crippen molar-refractivity contribution in [3.8, 4) is 11.1 Å². The van der Waals surface area contributed by atoms with Crippen LogP contribution in [0.3, 0.4) is 0 Å². The summed E-state index contributed by atoms with van der Waals surface area (Å²) in [6, 6.07) is 9.66. The average Bonchev–Trinajstić information content (AvgIpc) is 3.24. The number of hydrogen-bond donors (Lipinski definition) is 0. The van der Waals surface area contributed by atoms with E-state index >= 15 is 0 Å². The number of fused-ring (bicyclic) bond motifs is 3. The predicted molar refractivity (Wildman–Crippen MR) is 181 cm³/mol. The van der Waals surface area contributed by atoms with Crippen LogP contribution in [-0.2, 0) is 11.8 Å². The van der Waals surface area contributed by atoms with Gasteiger partial charge in [-0.3, -0.25) is 0 Å². The van der Waals surface area contributed by atoms with Crippen LogP contribution in [0.25, 0.3) is 23.3 Å². The van der Waals surface area contributed by atoms with E-state index in [2.05, 4.69) is 118 Å². The molecule has 0 aliphatic heterocycles. The van der Waals surface area contributed by atoms with E-state index in [-0.39, 0.29) is 5.41 Å². The van der Waals surface area contributed by atoms with Crippen molar-refractivity contribution in [2.75, 3.05) is 0 Å². The Hall–Kier alpha value is -3.38. The summed E-state index contributed by atoms with van der Waals surface area (Å²) in [6.45, 7) is 30.3. The fraction of sp³-hybridized carbons (Fsp3) is 0.350. The summed E-state index contributed by atoms with van der Waals surface area (Å²) >= 11 is 0. The van der Waals surface area contributed by atoms with Crippen LogP contribution < -0.4 is 0 Å². The zero-order valence-corrected chi connectivity index (χ0v) is 26.4. The highest BCUT2D eigenvalue weighted by Gasteiger charge is 2.42. The molecule has 0 spiro atoms. The number of hydrogen-bond acceptors (Lipinski definition) is 0. The number of aryl methyl sites for hydroxylation is 1. The number of rotatable bonds is 12. The lowest BCUT2D eigenvalue weighted by atomic mass is 9.72. The van der Waals surface area contributed by atoms with Gasteiger partial charge in [0, 0.05) is 5.41 Å². The van der Waals surface area contributed by atoms with Crippen molar-refractivity contribution in [1.29, 1.82) is 0 Å². The Balaban J connectivity index is 2.22. The average molecular weight is 531 g/mol. The topological polar surface area (TPSA) is 0 Å². The van der Waals surface area contributed by atoms with Crippen molar-refractivity contribution in [3.05, 3.63) is 130 Å². The Labute approximate surface area is 245 Å². The molecule has 0 radical (unpaired) electrons. The summed E-state index contributed by atoms with van der Waals surface area (Å²) in [5.41, 5.74) is 17.5. The highest BCUT2D eigenvalue weighted by molar-refractivity contribution is 5.91. The van der Waals surface area contributed by atoms with Gasteiger partial charge in [0.05, 0.1) is 0 Å². The lowest BCUT2D eigenvalue weighted by Gasteiger charge is -2.30. The van der Waals surface area contributed by atoms with Gasteiger partial charge in [-0.15, -0.1) is 0 Å². The molecule has 0 atom stereocenters. The van der Waals surface area contributed by atoms with E-state index in [0.29, 0.717) is 0 Å². The summed E-state index contributed by atoms with van der Waals surface area (Å²) in [6.07, 6.45) is 17.9. The number of benzene rings is 2. The normalized spacial score (nSPS) is 15.3. The van der Waals surface area contributed by atoms with Gasteiger partial charge >= 0.3 is 0 Å². The maximum atomic E-state index is 4.22. The first-order valence-electron chi connectivity index (χ1n) is 15.1. The van der Waals surface area contributed by atoms with Gasteiger partial charge in [0.1, 0.15) is 0 Å². The van der Waals surface area contributed by atoms with Crippen LogP contribution in [0.5, 0.6) is 0 Å². The van der Waals surface area contributed by atoms with Crippen LogP contribution >= 0.6 is 0 Å². The maximum Gasteiger partial charge on any atom is 0.0210 e. The Morgan fingerprint density at radius 3 is 2.10 bits per heavy atom. The standard InChI is InChI=1S/C40H50/c1-12-20-34(27(9)14-3)29(11)35(21-13-2)31(15-4)25-30-22-23-36-37(26-30)40(18-7,19-8)38-24-28(10)32(16-5)33(17-6)39(36)38/h12,14-17,20,22-24,26H,3,5-6,13,18-19,21,25H2,1-2,4,7-11H3/b20-12-,31-15-,34-27+,35-29+. The van der Waals surface area contributed by atoms with Gasteiger partial charge in [0.2, 0.25) is 0 Å². The molecule has 210 valence electrons. The molecule has 3 rings (SSSR count). The Kier molecular flexibility index (Phi) is 10.4. The molecule has 0 fully saturated rings. The fourth-order valence-corrected chi connectivity index (χ4v) is 6.91. The van der Waals surface area contributed by atoms with E-state index in [1.807, 2.05) is 18.2 Å². The summed E-state index contributed by atoms with van der Waals surface area (Å²) in [5.74, 6) is 0. The predicted octanol–water partition coefficient (Wildman–Crippen LogP) is 12.1. The highest BCUT2D eigenvalue weighted by atomic mass is 14.4. The molecule has 0 N–H and O–H groups in total. The zero-order valence-electron chi connectivity index (χ0n) is 26.4. The SMILES string of the molecule is C=C/C(C)=C(\C=C/C)C(/C)=C(CCC)/C(=C\C)Cc1ccc2c(c1)C(CC)(CC)c1cc(C)c(C=C)c(C=C)c1-2. The second kappa shape index (κ2) is 13.3. The molecule has 40 heavy (non-hydrogen) atoms. The molecule has 0 unspecified atom stereocenters. The molecule has 1 aliphatic carbocycles. The monoisotopic (exact) mass is 530 g/mol. The molecule has 0 saturated carbocycles. The first-order chi connectivity index (χ1) is 19.2. The maximum absolute atomic E-state index is 4.22. The first kappa shape index (κ1) is 31.2. The Bertz CT molecular complexity index is 1420. The highest BCUT2D eigenvalue weighted by Crippen LogP contribution is 2.55. The van der Waals surface area contributed by atoms with Crippen LogP contribution in [0, 0.1) is 6.92 Å². The Morgan fingerprint density at radius 1 is 0.900 bits per heavy atom. The minimum absolute atomic E-state index is 0.0138. The van der Waals surface area contributed by atoms with Gasteiger partial charge in [-0.05, 0) is 133 Å². The minimum Gasteiger partial charge on any atom is -0.0988 e. The van der Waals surface area contributed by atoms with Crippen molar-refractivity contribution in [2.24, 2.45) is 0 Å². The van der Waals surface area contributed by atoms with Crippen LogP contribution in [-0.4, -0.2) is 0 Å². The molecule has 0 saturated heterocycles. The van der Waals surface area contributed by atoms with Crippen LogP contribution in [0.15, 0.2) is 96.2 Å². The number of allylic oxidation sites excluding steroid dienone is 9. The molecule has 2 aromatic carbocycles. The van der Waals surface area contributed by atoms with Gasteiger partial charge < -0.3 is 0 Å². The lowest BCUT2D eigenvalue weighted by molar-refractivity contribution is 0.490. The molecule has 0 aromatic heterocycles. The van der Waals surface area contributed by atoms with Crippen molar-refractivity contribution < 1.29 is 0 Å².